The topological polar surface area (TPSA) is 15.8 Å². The number of aromatic amines is 1. The van der Waals surface area contributed by atoms with Crippen molar-refractivity contribution in [1.82, 2.24) is 4.98 Å². The molecule has 0 aliphatic heterocycles. The molecule has 0 atom stereocenters. The van der Waals surface area contributed by atoms with Crippen molar-refractivity contribution in [3.8, 4) is 11.3 Å². The van der Waals surface area contributed by atoms with Crippen LogP contribution in [0.25, 0.3) is 11.3 Å². The molecule has 0 fully saturated rings. The average molecular weight is 189 g/mol. The second kappa shape index (κ2) is 3.30. The predicted molar refractivity (Wildman–Crippen MR) is 58.2 cm³/mol. The van der Waals surface area contributed by atoms with Gasteiger partial charge in [-0.3, -0.25) is 0 Å². The van der Waals surface area contributed by atoms with Crippen molar-refractivity contribution >= 4 is 12.6 Å². The van der Waals surface area contributed by atoms with Gasteiger partial charge in [-0.15, -0.1) is 12.6 Å². The molecule has 0 saturated carbocycles. The van der Waals surface area contributed by atoms with Crippen LogP contribution >= 0.6 is 12.6 Å². The summed E-state index contributed by atoms with van der Waals surface area (Å²) in [4.78, 5) is 4.22. The molecule has 1 heterocycles. The smallest absolute Gasteiger partial charge is 0.0456 e. The summed E-state index contributed by atoms with van der Waals surface area (Å²) < 4.78 is 0. The summed E-state index contributed by atoms with van der Waals surface area (Å²) in [6.45, 7) is 2.08. The van der Waals surface area contributed by atoms with Crippen LogP contribution in [-0.4, -0.2) is 4.98 Å². The van der Waals surface area contributed by atoms with E-state index in [9.17, 15) is 0 Å². The fraction of sp³-hybridized carbons (Fsp3) is 0.0909. The van der Waals surface area contributed by atoms with Gasteiger partial charge in [-0.1, -0.05) is 12.1 Å². The van der Waals surface area contributed by atoms with Gasteiger partial charge in [0.1, 0.15) is 0 Å². The molecular weight excluding hydrogens is 178 g/mol. The number of aromatic nitrogens is 1. The molecule has 13 heavy (non-hydrogen) atoms. The predicted octanol–water partition coefficient (Wildman–Crippen LogP) is 3.28. The van der Waals surface area contributed by atoms with Gasteiger partial charge >= 0.3 is 0 Å². The molecule has 2 rings (SSSR count). The van der Waals surface area contributed by atoms with Gasteiger partial charge in [0, 0.05) is 22.3 Å². The number of benzene rings is 1. The van der Waals surface area contributed by atoms with E-state index in [1.807, 2.05) is 24.4 Å². The Kier molecular flexibility index (Phi) is 2.15. The lowest BCUT2D eigenvalue weighted by atomic mass is 10.1. The van der Waals surface area contributed by atoms with Crippen molar-refractivity contribution in [2.75, 3.05) is 0 Å². The van der Waals surface area contributed by atoms with Gasteiger partial charge in [-0.2, -0.15) is 0 Å². The zero-order valence-electron chi connectivity index (χ0n) is 7.41. The van der Waals surface area contributed by atoms with E-state index in [2.05, 4.69) is 36.7 Å². The van der Waals surface area contributed by atoms with E-state index in [4.69, 9.17) is 0 Å². The highest BCUT2D eigenvalue weighted by molar-refractivity contribution is 7.80. The molecule has 0 radical (unpaired) electrons. The van der Waals surface area contributed by atoms with E-state index < -0.39 is 0 Å². The molecule has 0 aliphatic rings. The number of H-pyrrole nitrogens is 1. The van der Waals surface area contributed by atoms with Gasteiger partial charge in [0.05, 0.1) is 0 Å². The number of rotatable bonds is 1. The monoisotopic (exact) mass is 189 g/mol. The van der Waals surface area contributed by atoms with Gasteiger partial charge < -0.3 is 4.98 Å². The minimum atomic E-state index is 1.03. The highest BCUT2D eigenvalue weighted by Crippen LogP contribution is 2.25. The zero-order chi connectivity index (χ0) is 9.26. The molecule has 66 valence electrons. The van der Waals surface area contributed by atoms with Crippen LogP contribution in [0.4, 0.5) is 0 Å². The van der Waals surface area contributed by atoms with Crippen molar-refractivity contribution in [2.24, 2.45) is 0 Å². The van der Waals surface area contributed by atoms with Gasteiger partial charge in [0.25, 0.3) is 0 Å². The Morgan fingerprint density at radius 1 is 1.15 bits per heavy atom. The largest absolute Gasteiger partial charge is 0.361 e. The Bertz CT molecular complexity index is 404. The van der Waals surface area contributed by atoms with E-state index in [0.29, 0.717) is 0 Å². The fourth-order valence-corrected chi connectivity index (χ4v) is 1.62. The molecule has 1 N–H and O–H groups in total. The molecule has 1 aromatic heterocycles. The average Bonchev–Trinajstić information content (AvgIpc) is 2.62. The highest BCUT2D eigenvalue weighted by atomic mass is 32.1. The Morgan fingerprint density at radius 2 is 2.00 bits per heavy atom. The molecule has 0 bridgehead atoms. The van der Waals surface area contributed by atoms with Gasteiger partial charge in [-0.25, -0.2) is 0 Å². The molecule has 0 amide bonds. The lowest BCUT2D eigenvalue weighted by molar-refractivity contribution is 1.28. The van der Waals surface area contributed by atoms with Crippen molar-refractivity contribution in [3.05, 3.63) is 42.1 Å². The first-order valence-electron chi connectivity index (χ1n) is 4.21. The first-order valence-corrected chi connectivity index (χ1v) is 4.66. The van der Waals surface area contributed by atoms with E-state index >= 15 is 0 Å². The maximum Gasteiger partial charge on any atom is 0.0456 e. The SMILES string of the molecule is Cc1c(S)cccc1-c1ccc[nH]1. The molecule has 1 aromatic carbocycles. The minimum Gasteiger partial charge on any atom is -0.361 e. The lowest BCUT2D eigenvalue weighted by Crippen LogP contribution is -1.84. The maximum absolute atomic E-state index is 4.38. The molecule has 0 aliphatic carbocycles. The Labute approximate surface area is 83.2 Å². The van der Waals surface area contributed by atoms with Gasteiger partial charge in [-0.05, 0) is 30.7 Å². The summed E-state index contributed by atoms with van der Waals surface area (Å²) in [5.74, 6) is 0. The van der Waals surface area contributed by atoms with Crippen molar-refractivity contribution < 1.29 is 0 Å². The molecule has 2 heteroatoms. The Hall–Kier alpha value is -1.15. The number of hydrogen-bond donors (Lipinski definition) is 2. The first-order chi connectivity index (χ1) is 6.29. The van der Waals surface area contributed by atoms with Crippen molar-refractivity contribution in [3.63, 3.8) is 0 Å². The van der Waals surface area contributed by atoms with Crippen LogP contribution < -0.4 is 0 Å². The summed E-state index contributed by atoms with van der Waals surface area (Å²) in [5.41, 5.74) is 3.58. The van der Waals surface area contributed by atoms with E-state index in [1.165, 1.54) is 11.1 Å². The minimum absolute atomic E-state index is 1.03. The van der Waals surface area contributed by atoms with E-state index in [-0.39, 0.29) is 0 Å². The van der Waals surface area contributed by atoms with E-state index in [0.717, 1.165) is 10.6 Å². The third-order valence-electron chi connectivity index (χ3n) is 2.19. The summed E-state index contributed by atoms with van der Waals surface area (Å²) in [6, 6.07) is 10.2. The van der Waals surface area contributed by atoms with Crippen LogP contribution in [0.3, 0.4) is 0 Å². The molecular formula is C11H11NS. The van der Waals surface area contributed by atoms with E-state index in [1.54, 1.807) is 0 Å². The summed E-state index contributed by atoms with van der Waals surface area (Å²) in [7, 11) is 0. The van der Waals surface area contributed by atoms with Crippen LogP contribution in [0.5, 0.6) is 0 Å². The standard InChI is InChI=1S/C11H11NS/c1-8-9(4-2-6-11(8)13)10-5-3-7-12-10/h2-7,12-13H,1H3. The Balaban J connectivity index is 2.59. The van der Waals surface area contributed by atoms with Crippen LogP contribution in [-0.2, 0) is 0 Å². The highest BCUT2D eigenvalue weighted by Gasteiger charge is 2.03. The van der Waals surface area contributed by atoms with Crippen LogP contribution in [0.1, 0.15) is 5.56 Å². The number of thiol groups is 1. The maximum atomic E-state index is 4.38. The third kappa shape index (κ3) is 1.49. The summed E-state index contributed by atoms with van der Waals surface area (Å²) >= 11 is 4.38. The number of hydrogen-bond acceptors (Lipinski definition) is 1. The zero-order valence-corrected chi connectivity index (χ0v) is 8.31. The molecule has 0 spiro atoms. The lowest BCUT2D eigenvalue weighted by Gasteiger charge is -2.05. The fourth-order valence-electron chi connectivity index (χ4n) is 1.41. The van der Waals surface area contributed by atoms with Crippen LogP contribution in [0, 0.1) is 6.92 Å². The second-order valence-corrected chi connectivity index (χ2v) is 3.52. The van der Waals surface area contributed by atoms with Crippen molar-refractivity contribution in [1.29, 1.82) is 0 Å². The molecule has 1 nitrogen and oxygen atoms in total. The quantitative estimate of drug-likeness (QED) is 0.640. The number of nitrogens with one attached hydrogen (secondary N) is 1. The van der Waals surface area contributed by atoms with Gasteiger partial charge in [0.2, 0.25) is 0 Å². The Morgan fingerprint density at radius 3 is 2.69 bits per heavy atom. The van der Waals surface area contributed by atoms with Crippen molar-refractivity contribution in [2.45, 2.75) is 11.8 Å². The first kappa shape index (κ1) is 8.45. The third-order valence-corrected chi connectivity index (χ3v) is 2.68. The second-order valence-electron chi connectivity index (χ2n) is 3.03. The van der Waals surface area contributed by atoms with Gasteiger partial charge in [0.15, 0.2) is 0 Å². The van der Waals surface area contributed by atoms with Crippen LogP contribution in [0.15, 0.2) is 41.4 Å². The normalized spacial score (nSPS) is 10.3. The summed E-state index contributed by atoms with van der Waals surface area (Å²) in [5, 5.41) is 0. The molecule has 0 saturated heterocycles. The van der Waals surface area contributed by atoms with Crippen LogP contribution in [0.2, 0.25) is 0 Å². The summed E-state index contributed by atoms with van der Waals surface area (Å²) in [6.07, 6.45) is 1.93. The molecule has 0 unspecified atom stereocenters. The molecule has 2 aromatic rings.